The van der Waals surface area contributed by atoms with Gasteiger partial charge in [0.2, 0.25) is 0 Å². The van der Waals surface area contributed by atoms with Crippen molar-refractivity contribution in [2.24, 2.45) is 5.92 Å². The van der Waals surface area contributed by atoms with E-state index in [1.807, 2.05) is 4.90 Å². The van der Waals surface area contributed by atoms with E-state index in [0.29, 0.717) is 12.5 Å². The fourth-order valence-electron chi connectivity index (χ4n) is 2.38. The molecule has 0 N–H and O–H groups in total. The molecule has 82 valence electrons. The van der Waals surface area contributed by atoms with E-state index >= 15 is 0 Å². The number of nitrogens with zero attached hydrogens (tertiary/aromatic N) is 2. The molecule has 0 spiro atoms. The Morgan fingerprint density at radius 1 is 1.29 bits per heavy atom. The maximum absolute atomic E-state index is 12.9. The quantitative estimate of drug-likeness (QED) is 0.683. The first-order valence-electron chi connectivity index (χ1n) is 5.41. The summed E-state index contributed by atoms with van der Waals surface area (Å²) in [5, 5.41) is 0. The number of likely N-dealkylation sites (tertiary alicyclic amines) is 2. The highest BCUT2D eigenvalue weighted by Gasteiger charge is 2.39. The fraction of sp³-hybridized carbons (Fsp3) is 1.00. The first-order valence-corrected chi connectivity index (χ1v) is 5.41. The Kier molecular flexibility index (Phi) is 2.75. The van der Waals surface area contributed by atoms with Crippen LogP contribution in [0.1, 0.15) is 13.3 Å². The van der Waals surface area contributed by atoms with Gasteiger partial charge in [0, 0.05) is 32.6 Å². The van der Waals surface area contributed by atoms with E-state index in [9.17, 15) is 8.78 Å². The second kappa shape index (κ2) is 3.74. The predicted octanol–water partition coefficient (Wildman–Crippen LogP) is 1.28. The third-order valence-corrected chi connectivity index (χ3v) is 3.25. The van der Waals surface area contributed by atoms with Crippen LogP contribution in [0.4, 0.5) is 8.78 Å². The number of hydrogen-bond donors (Lipinski definition) is 0. The molecule has 0 aliphatic carbocycles. The van der Waals surface area contributed by atoms with Gasteiger partial charge in [0.15, 0.2) is 0 Å². The van der Waals surface area contributed by atoms with Crippen molar-refractivity contribution in [3.63, 3.8) is 0 Å². The van der Waals surface area contributed by atoms with Crippen molar-refractivity contribution in [1.29, 1.82) is 0 Å². The van der Waals surface area contributed by atoms with Gasteiger partial charge in [-0.25, -0.2) is 8.78 Å². The topological polar surface area (TPSA) is 6.48 Å². The Hall–Kier alpha value is -0.220. The average Bonchev–Trinajstić information content (AvgIpc) is 2.37. The van der Waals surface area contributed by atoms with Gasteiger partial charge in [-0.05, 0) is 12.5 Å². The Morgan fingerprint density at radius 3 is 2.50 bits per heavy atom. The molecule has 2 saturated heterocycles. The molecule has 2 aliphatic rings. The number of hydrogen-bond acceptors (Lipinski definition) is 2. The van der Waals surface area contributed by atoms with E-state index < -0.39 is 5.92 Å². The van der Waals surface area contributed by atoms with E-state index in [0.717, 1.165) is 26.2 Å². The van der Waals surface area contributed by atoms with Gasteiger partial charge < -0.3 is 4.90 Å². The minimum Gasteiger partial charge on any atom is -0.303 e. The van der Waals surface area contributed by atoms with Crippen LogP contribution in [0.5, 0.6) is 0 Å². The molecule has 2 heterocycles. The zero-order valence-electron chi connectivity index (χ0n) is 8.68. The van der Waals surface area contributed by atoms with Gasteiger partial charge in [-0.1, -0.05) is 6.92 Å². The first-order chi connectivity index (χ1) is 6.59. The molecule has 0 aromatic heterocycles. The van der Waals surface area contributed by atoms with Crippen LogP contribution < -0.4 is 0 Å². The van der Waals surface area contributed by atoms with Crippen molar-refractivity contribution >= 4 is 0 Å². The third-order valence-electron chi connectivity index (χ3n) is 3.25. The first kappa shape index (κ1) is 10.3. The van der Waals surface area contributed by atoms with Crippen molar-refractivity contribution in [2.75, 3.05) is 39.3 Å². The van der Waals surface area contributed by atoms with Crippen LogP contribution in [-0.2, 0) is 0 Å². The van der Waals surface area contributed by atoms with Gasteiger partial charge in [-0.15, -0.1) is 0 Å². The lowest BCUT2D eigenvalue weighted by atomic mass is 10.00. The van der Waals surface area contributed by atoms with Gasteiger partial charge >= 0.3 is 0 Å². The molecule has 2 nitrogen and oxygen atoms in total. The van der Waals surface area contributed by atoms with E-state index in [2.05, 4.69) is 11.8 Å². The van der Waals surface area contributed by atoms with E-state index in [-0.39, 0.29) is 13.0 Å². The van der Waals surface area contributed by atoms with Crippen molar-refractivity contribution in [1.82, 2.24) is 9.80 Å². The molecule has 0 amide bonds. The van der Waals surface area contributed by atoms with Crippen LogP contribution in [0.25, 0.3) is 0 Å². The van der Waals surface area contributed by atoms with Crippen molar-refractivity contribution in [2.45, 2.75) is 19.3 Å². The highest BCUT2D eigenvalue weighted by Crippen LogP contribution is 2.28. The highest BCUT2D eigenvalue weighted by molar-refractivity contribution is 4.87. The summed E-state index contributed by atoms with van der Waals surface area (Å²) in [5.74, 6) is -1.79. The lowest BCUT2D eigenvalue weighted by molar-refractivity contribution is 0.00536. The highest BCUT2D eigenvalue weighted by atomic mass is 19.3. The summed E-state index contributed by atoms with van der Waals surface area (Å²) in [5.41, 5.74) is 0. The molecule has 0 radical (unpaired) electrons. The molecule has 4 heteroatoms. The lowest BCUT2D eigenvalue weighted by Gasteiger charge is -2.40. The SMILES string of the molecule is CCN1CC(CN2CCC(F)(F)C2)C1. The van der Waals surface area contributed by atoms with Crippen molar-refractivity contribution in [3.05, 3.63) is 0 Å². The zero-order valence-corrected chi connectivity index (χ0v) is 8.68. The summed E-state index contributed by atoms with van der Waals surface area (Å²) in [4.78, 5) is 4.26. The lowest BCUT2D eigenvalue weighted by Crippen LogP contribution is -2.51. The van der Waals surface area contributed by atoms with Gasteiger partial charge in [0.25, 0.3) is 5.92 Å². The molecule has 0 aromatic carbocycles. The molecule has 2 fully saturated rings. The van der Waals surface area contributed by atoms with Crippen molar-refractivity contribution < 1.29 is 8.78 Å². The van der Waals surface area contributed by atoms with Crippen LogP contribution in [0.2, 0.25) is 0 Å². The Bertz CT molecular complexity index is 202. The molecular formula is C10H18F2N2. The maximum Gasteiger partial charge on any atom is 0.261 e. The van der Waals surface area contributed by atoms with Gasteiger partial charge in [-0.2, -0.15) is 0 Å². The van der Waals surface area contributed by atoms with Gasteiger partial charge in [-0.3, -0.25) is 4.90 Å². The summed E-state index contributed by atoms with van der Waals surface area (Å²) >= 11 is 0. The number of alkyl halides is 2. The predicted molar refractivity (Wildman–Crippen MR) is 51.6 cm³/mol. The smallest absolute Gasteiger partial charge is 0.261 e. The molecule has 0 bridgehead atoms. The molecule has 0 aromatic rings. The largest absolute Gasteiger partial charge is 0.303 e. The summed E-state index contributed by atoms with van der Waals surface area (Å²) in [6, 6.07) is 0. The van der Waals surface area contributed by atoms with Crippen LogP contribution in [0.3, 0.4) is 0 Å². The Balaban J connectivity index is 1.68. The molecule has 0 atom stereocenters. The van der Waals surface area contributed by atoms with Crippen LogP contribution in [0.15, 0.2) is 0 Å². The minimum atomic E-state index is -2.42. The second-order valence-electron chi connectivity index (χ2n) is 4.56. The number of rotatable bonds is 3. The molecule has 2 rings (SSSR count). The zero-order chi connectivity index (χ0) is 10.2. The normalized spacial score (nSPS) is 29.4. The molecular weight excluding hydrogens is 186 g/mol. The summed E-state index contributed by atoms with van der Waals surface area (Å²) in [6.45, 7) is 6.85. The average molecular weight is 204 g/mol. The summed E-state index contributed by atoms with van der Waals surface area (Å²) < 4.78 is 25.7. The molecule has 0 unspecified atom stereocenters. The molecule has 14 heavy (non-hydrogen) atoms. The van der Waals surface area contributed by atoms with Gasteiger partial charge in [0.1, 0.15) is 0 Å². The third kappa shape index (κ3) is 2.23. The van der Waals surface area contributed by atoms with Crippen LogP contribution in [-0.4, -0.2) is 55.0 Å². The van der Waals surface area contributed by atoms with Crippen molar-refractivity contribution in [3.8, 4) is 0 Å². The summed E-state index contributed by atoms with van der Waals surface area (Å²) in [6.07, 6.45) is 0.0528. The fourth-order valence-corrected chi connectivity index (χ4v) is 2.38. The van der Waals surface area contributed by atoms with Crippen LogP contribution in [0, 0.1) is 5.92 Å². The monoisotopic (exact) mass is 204 g/mol. The van der Waals surface area contributed by atoms with Gasteiger partial charge in [0.05, 0.1) is 6.54 Å². The minimum absolute atomic E-state index is 0.0182. The maximum atomic E-state index is 12.9. The van der Waals surface area contributed by atoms with E-state index in [1.54, 1.807) is 0 Å². The Morgan fingerprint density at radius 2 is 2.00 bits per heavy atom. The number of halogens is 2. The summed E-state index contributed by atoms with van der Waals surface area (Å²) in [7, 11) is 0. The van der Waals surface area contributed by atoms with E-state index in [4.69, 9.17) is 0 Å². The molecule has 2 aliphatic heterocycles. The van der Waals surface area contributed by atoms with E-state index in [1.165, 1.54) is 0 Å². The Labute approximate surface area is 83.9 Å². The van der Waals surface area contributed by atoms with Crippen LogP contribution >= 0.6 is 0 Å². The standard InChI is InChI=1S/C10H18F2N2/c1-2-13-5-9(6-13)7-14-4-3-10(11,12)8-14/h9H,2-8H2,1H3. The second-order valence-corrected chi connectivity index (χ2v) is 4.56. The molecule has 0 saturated carbocycles.